The number of carbonyl (C=O) groups is 2. The smallest absolute Gasteiger partial charge is 0.262 e. The minimum absolute atomic E-state index is 0.0809. The van der Waals surface area contributed by atoms with E-state index in [2.05, 4.69) is 31.5 Å². The third-order valence-corrected chi connectivity index (χ3v) is 4.89. The van der Waals surface area contributed by atoms with Gasteiger partial charge in [-0.05, 0) is 42.5 Å². The molecular formula is C18H16BrN3O3S. The molecule has 0 bridgehead atoms. The molecule has 1 aromatic heterocycles. The first-order chi connectivity index (χ1) is 12.5. The van der Waals surface area contributed by atoms with E-state index in [1.165, 1.54) is 11.3 Å². The van der Waals surface area contributed by atoms with Gasteiger partial charge in [0.25, 0.3) is 5.91 Å². The lowest BCUT2D eigenvalue weighted by Gasteiger charge is -2.07. The van der Waals surface area contributed by atoms with Crippen LogP contribution in [-0.4, -0.2) is 23.4 Å². The molecule has 0 aliphatic heterocycles. The number of ether oxygens (including phenoxy) is 1. The molecule has 2 N–H and O–H groups in total. The Hall–Kier alpha value is -2.45. The monoisotopic (exact) mass is 433 g/mol. The van der Waals surface area contributed by atoms with Gasteiger partial charge in [0.1, 0.15) is 5.75 Å². The predicted octanol–water partition coefficient (Wildman–Crippen LogP) is 4.42. The summed E-state index contributed by atoms with van der Waals surface area (Å²) in [4.78, 5) is 27.9. The number of benzene rings is 2. The van der Waals surface area contributed by atoms with Crippen LogP contribution < -0.4 is 15.4 Å². The molecule has 8 heteroatoms. The summed E-state index contributed by atoms with van der Waals surface area (Å²) in [6, 6.07) is 12.7. The quantitative estimate of drug-likeness (QED) is 0.602. The highest BCUT2D eigenvalue weighted by Crippen LogP contribution is 2.28. The van der Waals surface area contributed by atoms with Crippen LogP contribution in [0, 0.1) is 0 Å². The molecule has 0 saturated heterocycles. The van der Waals surface area contributed by atoms with Crippen molar-refractivity contribution in [1.82, 2.24) is 4.98 Å². The van der Waals surface area contributed by atoms with Crippen molar-refractivity contribution in [2.24, 2.45) is 0 Å². The van der Waals surface area contributed by atoms with Gasteiger partial charge < -0.3 is 15.4 Å². The first-order valence-corrected chi connectivity index (χ1v) is 9.53. The number of fused-ring (bicyclic) bond motifs is 1. The lowest BCUT2D eigenvalue weighted by Crippen LogP contribution is -2.20. The van der Waals surface area contributed by atoms with Gasteiger partial charge in [0, 0.05) is 16.6 Å². The molecule has 0 fully saturated rings. The maximum Gasteiger partial charge on any atom is 0.262 e. The first kappa shape index (κ1) is 18.3. The van der Waals surface area contributed by atoms with Crippen molar-refractivity contribution >= 4 is 60.1 Å². The third kappa shape index (κ3) is 4.80. The van der Waals surface area contributed by atoms with Crippen LogP contribution in [-0.2, 0) is 9.59 Å². The minimum Gasteiger partial charge on any atom is -0.484 e. The van der Waals surface area contributed by atoms with Crippen LogP contribution in [0.4, 0.5) is 10.8 Å². The highest BCUT2D eigenvalue weighted by Gasteiger charge is 2.09. The molecule has 2 amide bonds. The Balaban J connectivity index is 1.61. The van der Waals surface area contributed by atoms with E-state index in [1.54, 1.807) is 31.2 Å². The summed E-state index contributed by atoms with van der Waals surface area (Å²) >= 11 is 4.71. The number of nitrogens with one attached hydrogen (secondary N) is 2. The maximum absolute atomic E-state index is 12.1. The molecular weight excluding hydrogens is 418 g/mol. The van der Waals surface area contributed by atoms with Crippen LogP contribution in [0.3, 0.4) is 0 Å². The number of carbonyl (C=O) groups excluding carboxylic acids is 2. The topological polar surface area (TPSA) is 80.3 Å². The molecule has 0 atom stereocenters. The Kier molecular flexibility index (Phi) is 5.85. The number of hydrogen-bond acceptors (Lipinski definition) is 5. The Morgan fingerprint density at radius 2 is 1.88 bits per heavy atom. The van der Waals surface area contributed by atoms with Crippen LogP contribution in [0.5, 0.6) is 5.75 Å². The van der Waals surface area contributed by atoms with Gasteiger partial charge >= 0.3 is 0 Å². The molecule has 0 aliphatic carbocycles. The molecule has 0 aliphatic rings. The summed E-state index contributed by atoms with van der Waals surface area (Å²) in [7, 11) is 0. The summed E-state index contributed by atoms with van der Waals surface area (Å²) < 4.78 is 7.28. The Morgan fingerprint density at radius 3 is 2.62 bits per heavy atom. The lowest BCUT2D eigenvalue weighted by molar-refractivity contribution is -0.118. The van der Waals surface area contributed by atoms with Gasteiger partial charge in [0.2, 0.25) is 5.91 Å². The van der Waals surface area contributed by atoms with Gasteiger partial charge in [0.15, 0.2) is 11.7 Å². The van der Waals surface area contributed by atoms with Crippen LogP contribution in [0.1, 0.15) is 13.3 Å². The SMILES string of the molecule is CCC(=O)Nc1nc2ccc(NC(=O)COc3ccc(Br)cc3)cc2s1. The van der Waals surface area contributed by atoms with Crippen LogP contribution in [0.2, 0.25) is 0 Å². The van der Waals surface area contributed by atoms with Gasteiger partial charge in [-0.25, -0.2) is 4.98 Å². The number of amides is 2. The van der Waals surface area contributed by atoms with Crippen molar-refractivity contribution in [3.05, 3.63) is 46.9 Å². The highest BCUT2D eigenvalue weighted by molar-refractivity contribution is 9.10. The van der Waals surface area contributed by atoms with E-state index in [9.17, 15) is 9.59 Å². The second-order valence-electron chi connectivity index (χ2n) is 5.39. The molecule has 0 spiro atoms. The van der Waals surface area contributed by atoms with Gasteiger partial charge in [-0.2, -0.15) is 0 Å². The summed E-state index contributed by atoms with van der Waals surface area (Å²) in [5.41, 5.74) is 1.42. The van der Waals surface area contributed by atoms with E-state index in [-0.39, 0.29) is 18.4 Å². The zero-order valence-electron chi connectivity index (χ0n) is 13.9. The molecule has 6 nitrogen and oxygen atoms in total. The molecule has 2 aromatic carbocycles. The van der Waals surface area contributed by atoms with E-state index in [1.807, 2.05) is 18.2 Å². The fourth-order valence-corrected chi connectivity index (χ4v) is 3.33. The number of nitrogens with zero attached hydrogens (tertiary/aromatic N) is 1. The number of anilines is 2. The predicted molar refractivity (Wildman–Crippen MR) is 107 cm³/mol. The summed E-state index contributed by atoms with van der Waals surface area (Å²) in [5, 5.41) is 6.09. The number of aromatic nitrogens is 1. The Bertz CT molecular complexity index is 941. The molecule has 26 heavy (non-hydrogen) atoms. The van der Waals surface area contributed by atoms with Gasteiger partial charge in [0.05, 0.1) is 10.2 Å². The second-order valence-corrected chi connectivity index (χ2v) is 7.34. The standard InChI is InChI=1S/C18H16BrN3O3S/c1-2-16(23)22-18-21-14-8-5-12(9-15(14)26-18)20-17(24)10-25-13-6-3-11(19)4-7-13/h3-9H,2,10H2,1H3,(H,20,24)(H,21,22,23). The van der Waals surface area contributed by atoms with Crippen molar-refractivity contribution in [2.75, 3.05) is 17.2 Å². The first-order valence-electron chi connectivity index (χ1n) is 7.92. The van der Waals surface area contributed by atoms with Crippen molar-refractivity contribution in [3.63, 3.8) is 0 Å². The molecule has 3 aromatic rings. The van der Waals surface area contributed by atoms with Crippen LogP contribution in [0.25, 0.3) is 10.2 Å². The van der Waals surface area contributed by atoms with Gasteiger partial charge in [-0.3, -0.25) is 9.59 Å². The largest absolute Gasteiger partial charge is 0.484 e. The van der Waals surface area contributed by atoms with Crippen molar-refractivity contribution in [2.45, 2.75) is 13.3 Å². The van der Waals surface area contributed by atoms with Crippen molar-refractivity contribution < 1.29 is 14.3 Å². The number of thiazole rings is 1. The lowest BCUT2D eigenvalue weighted by atomic mass is 10.3. The van der Waals surface area contributed by atoms with E-state index >= 15 is 0 Å². The zero-order valence-corrected chi connectivity index (χ0v) is 16.3. The van der Waals surface area contributed by atoms with Crippen LogP contribution in [0.15, 0.2) is 46.9 Å². The average Bonchev–Trinajstić information content (AvgIpc) is 3.02. The minimum atomic E-state index is -0.253. The van der Waals surface area contributed by atoms with Gasteiger partial charge in [-0.15, -0.1) is 0 Å². The summed E-state index contributed by atoms with van der Waals surface area (Å²) in [5.74, 6) is 0.288. The average molecular weight is 434 g/mol. The Morgan fingerprint density at radius 1 is 1.12 bits per heavy atom. The molecule has 3 rings (SSSR count). The van der Waals surface area contributed by atoms with Crippen molar-refractivity contribution in [3.8, 4) is 5.75 Å². The fraction of sp³-hybridized carbons (Fsp3) is 0.167. The maximum atomic E-state index is 12.1. The molecule has 1 heterocycles. The van der Waals surface area contributed by atoms with Crippen LogP contribution >= 0.6 is 27.3 Å². The molecule has 134 valence electrons. The summed E-state index contributed by atoms with van der Waals surface area (Å²) in [6.45, 7) is 1.70. The van der Waals surface area contributed by atoms with Crippen molar-refractivity contribution in [1.29, 1.82) is 0 Å². The summed E-state index contributed by atoms with van der Waals surface area (Å²) in [6.07, 6.45) is 0.398. The van der Waals surface area contributed by atoms with E-state index < -0.39 is 0 Å². The number of halogens is 1. The highest BCUT2D eigenvalue weighted by atomic mass is 79.9. The molecule has 0 saturated carbocycles. The fourth-order valence-electron chi connectivity index (χ4n) is 2.14. The zero-order chi connectivity index (χ0) is 18.5. The number of hydrogen-bond donors (Lipinski definition) is 2. The molecule has 0 radical (unpaired) electrons. The third-order valence-electron chi connectivity index (χ3n) is 3.42. The molecule has 0 unspecified atom stereocenters. The second kappa shape index (κ2) is 8.29. The van der Waals surface area contributed by atoms with E-state index in [0.717, 1.165) is 14.7 Å². The number of rotatable bonds is 6. The Labute approximate surface area is 162 Å². The van der Waals surface area contributed by atoms with E-state index in [0.29, 0.717) is 23.0 Å². The van der Waals surface area contributed by atoms with Gasteiger partial charge in [-0.1, -0.05) is 34.2 Å². The van der Waals surface area contributed by atoms with E-state index in [4.69, 9.17) is 4.74 Å². The normalized spacial score (nSPS) is 10.5.